The van der Waals surface area contributed by atoms with Gasteiger partial charge in [0.2, 0.25) is 0 Å². The van der Waals surface area contributed by atoms with E-state index < -0.39 is 0 Å². The van der Waals surface area contributed by atoms with Gasteiger partial charge in [-0.05, 0) is 18.9 Å². The Hall–Kier alpha value is -0.920. The summed E-state index contributed by atoms with van der Waals surface area (Å²) in [6.45, 7) is 0.985. The number of fused-ring (bicyclic) bond motifs is 1. The van der Waals surface area contributed by atoms with Crippen molar-refractivity contribution < 1.29 is 0 Å². The number of hydrogen-bond donors (Lipinski definition) is 0. The van der Waals surface area contributed by atoms with Crippen LogP contribution in [0.25, 0.3) is 0 Å². The molecule has 0 amide bonds. The van der Waals surface area contributed by atoms with Gasteiger partial charge >= 0.3 is 0 Å². The van der Waals surface area contributed by atoms with E-state index in [2.05, 4.69) is 9.98 Å². The van der Waals surface area contributed by atoms with E-state index in [1.54, 1.807) is 0 Å². The molecule has 46 valence electrons. The van der Waals surface area contributed by atoms with Crippen molar-refractivity contribution in [3.8, 4) is 0 Å². The molecule has 2 rings (SSSR count). The Kier molecular flexibility index (Phi) is 0.979. The molecule has 0 N–H and O–H groups in total. The maximum atomic E-state index is 4.29. The number of rotatable bonds is 0. The Morgan fingerprint density at radius 3 is 3.33 bits per heavy atom. The highest BCUT2D eigenvalue weighted by atomic mass is 14.8. The molecule has 0 spiro atoms. The van der Waals surface area contributed by atoms with E-state index in [9.17, 15) is 0 Å². The largest absolute Gasteiger partial charge is 0.283 e. The van der Waals surface area contributed by atoms with Crippen LogP contribution >= 0.6 is 0 Å². The van der Waals surface area contributed by atoms with Gasteiger partial charge in [-0.2, -0.15) is 0 Å². The van der Waals surface area contributed by atoms with E-state index in [4.69, 9.17) is 0 Å². The molecular weight excluding hydrogens is 112 g/mol. The number of hydrogen-bond acceptors (Lipinski definition) is 2. The van der Waals surface area contributed by atoms with Gasteiger partial charge in [-0.1, -0.05) is 0 Å². The molecule has 0 aromatic heterocycles. The zero-order valence-electron chi connectivity index (χ0n) is 5.17. The zero-order valence-corrected chi connectivity index (χ0v) is 5.17. The van der Waals surface area contributed by atoms with Crippen molar-refractivity contribution in [2.24, 2.45) is 9.98 Å². The molecule has 0 aromatic rings. The van der Waals surface area contributed by atoms with Gasteiger partial charge in [0.1, 0.15) is 0 Å². The van der Waals surface area contributed by atoms with Crippen LogP contribution in [-0.2, 0) is 0 Å². The Morgan fingerprint density at radius 2 is 2.44 bits per heavy atom. The van der Waals surface area contributed by atoms with Gasteiger partial charge in [-0.15, -0.1) is 0 Å². The molecule has 0 aromatic carbocycles. The second-order valence-electron chi connectivity index (χ2n) is 2.26. The molecule has 2 nitrogen and oxygen atoms in total. The Morgan fingerprint density at radius 1 is 1.44 bits per heavy atom. The van der Waals surface area contributed by atoms with Crippen molar-refractivity contribution in [3.63, 3.8) is 0 Å². The average Bonchev–Trinajstić information content (AvgIpc) is 2.33. The van der Waals surface area contributed by atoms with Crippen molar-refractivity contribution in [3.05, 3.63) is 12.3 Å². The molecule has 2 heterocycles. The van der Waals surface area contributed by atoms with E-state index in [1.165, 1.54) is 12.1 Å². The SMILES string of the molecule is C1=CC2=NCCCC2=N1. The highest BCUT2D eigenvalue weighted by Gasteiger charge is 2.12. The molecule has 0 bridgehead atoms. The highest BCUT2D eigenvalue weighted by molar-refractivity contribution is 6.48. The summed E-state index contributed by atoms with van der Waals surface area (Å²) < 4.78 is 0. The quantitative estimate of drug-likeness (QED) is 0.458. The summed E-state index contributed by atoms with van der Waals surface area (Å²) >= 11 is 0. The third-order valence-corrected chi connectivity index (χ3v) is 1.61. The van der Waals surface area contributed by atoms with Gasteiger partial charge < -0.3 is 0 Å². The fourth-order valence-corrected chi connectivity index (χ4v) is 1.14. The summed E-state index contributed by atoms with van der Waals surface area (Å²) in [6, 6.07) is 0. The summed E-state index contributed by atoms with van der Waals surface area (Å²) in [7, 11) is 0. The van der Waals surface area contributed by atoms with Crippen LogP contribution in [-0.4, -0.2) is 18.0 Å². The van der Waals surface area contributed by atoms with Gasteiger partial charge in [0.25, 0.3) is 0 Å². The van der Waals surface area contributed by atoms with Crippen molar-refractivity contribution >= 4 is 11.4 Å². The lowest BCUT2D eigenvalue weighted by Gasteiger charge is -2.06. The molecule has 2 aliphatic rings. The maximum Gasteiger partial charge on any atom is 0.0804 e. The number of nitrogens with zero attached hydrogens (tertiary/aromatic N) is 2. The second-order valence-corrected chi connectivity index (χ2v) is 2.26. The van der Waals surface area contributed by atoms with Crippen LogP contribution in [0.15, 0.2) is 22.3 Å². The molecule has 0 unspecified atom stereocenters. The first kappa shape index (κ1) is 4.91. The predicted molar refractivity (Wildman–Crippen MR) is 38.1 cm³/mol. The first-order chi connectivity index (χ1) is 4.47. The van der Waals surface area contributed by atoms with Crippen LogP contribution in [0.1, 0.15) is 12.8 Å². The minimum Gasteiger partial charge on any atom is -0.283 e. The minimum absolute atomic E-state index is 0.985. The van der Waals surface area contributed by atoms with Crippen molar-refractivity contribution in [1.29, 1.82) is 0 Å². The topological polar surface area (TPSA) is 24.7 Å². The third kappa shape index (κ3) is 0.707. The lowest BCUT2D eigenvalue weighted by Crippen LogP contribution is -2.14. The van der Waals surface area contributed by atoms with E-state index in [1.807, 2.05) is 12.3 Å². The fraction of sp³-hybridized carbons (Fsp3) is 0.429. The molecule has 0 saturated carbocycles. The molecule has 0 aliphatic carbocycles. The van der Waals surface area contributed by atoms with Crippen LogP contribution in [0, 0.1) is 0 Å². The van der Waals surface area contributed by atoms with Crippen molar-refractivity contribution in [2.45, 2.75) is 12.8 Å². The molecule has 2 aliphatic heterocycles. The summed E-state index contributed by atoms with van der Waals surface area (Å²) in [5, 5.41) is 0. The molecule has 0 saturated heterocycles. The molecule has 2 heteroatoms. The van der Waals surface area contributed by atoms with Crippen LogP contribution in [0.5, 0.6) is 0 Å². The smallest absolute Gasteiger partial charge is 0.0804 e. The Labute approximate surface area is 54.0 Å². The number of allylic oxidation sites excluding steroid dienone is 1. The standard InChI is InChI=1S/C7H8N2/c1-2-6-7(8-4-1)3-5-9-6/h3,5H,1-2,4H2. The predicted octanol–water partition coefficient (Wildman–Crippen LogP) is 1.19. The molecule has 9 heavy (non-hydrogen) atoms. The first-order valence-corrected chi connectivity index (χ1v) is 3.25. The molecule has 0 atom stereocenters. The monoisotopic (exact) mass is 120 g/mol. The molecule has 0 radical (unpaired) electrons. The van der Waals surface area contributed by atoms with Crippen molar-refractivity contribution in [1.82, 2.24) is 0 Å². The van der Waals surface area contributed by atoms with Gasteiger partial charge in [0, 0.05) is 12.7 Å². The minimum atomic E-state index is 0.985. The zero-order chi connectivity index (χ0) is 6.10. The van der Waals surface area contributed by atoms with E-state index in [0.29, 0.717) is 0 Å². The molecular formula is C7H8N2. The summed E-state index contributed by atoms with van der Waals surface area (Å²) in [5.74, 6) is 0. The first-order valence-electron chi connectivity index (χ1n) is 3.25. The van der Waals surface area contributed by atoms with Crippen LogP contribution in [0.4, 0.5) is 0 Å². The summed E-state index contributed by atoms with van der Waals surface area (Å²) in [4.78, 5) is 8.45. The maximum absolute atomic E-state index is 4.29. The highest BCUT2D eigenvalue weighted by Crippen LogP contribution is 2.09. The van der Waals surface area contributed by atoms with Gasteiger partial charge in [0.05, 0.1) is 11.4 Å². The lowest BCUT2D eigenvalue weighted by molar-refractivity contribution is 0.868. The van der Waals surface area contributed by atoms with E-state index >= 15 is 0 Å². The Bertz CT molecular complexity index is 211. The average molecular weight is 120 g/mol. The van der Waals surface area contributed by atoms with Crippen LogP contribution in [0.2, 0.25) is 0 Å². The van der Waals surface area contributed by atoms with Gasteiger partial charge in [-0.3, -0.25) is 9.98 Å². The number of aliphatic imine (C=N–C) groups is 2. The van der Waals surface area contributed by atoms with Crippen LogP contribution < -0.4 is 0 Å². The normalized spacial score (nSPS) is 23.1. The molecule has 0 fully saturated rings. The van der Waals surface area contributed by atoms with E-state index in [-0.39, 0.29) is 0 Å². The van der Waals surface area contributed by atoms with Gasteiger partial charge in [0.15, 0.2) is 0 Å². The second kappa shape index (κ2) is 1.79. The third-order valence-electron chi connectivity index (χ3n) is 1.61. The van der Waals surface area contributed by atoms with Gasteiger partial charge in [-0.25, -0.2) is 0 Å². The lowest BCUT2D eigenvalue weighted by atomic mass is 10.1. The van der Waals surface area contributed by atoms with E-state index in [0.717, 1.165) is 18.7 Å². The van der Waals surface area contributed by atoms with Crippen LogP contribution in [0.3, 0.4) is 0 Å². The Balaban J connectivity index is 2.38. The fourth-order valence-electron chi connectivity index (χ4n) is 1.14. The van der Waals surface area contributed by atoms with Crippen molar-refractivity contribution in [2.75, 3.05) is 6.54 Å². The summed E-state index contributed by atoms with van der Waals surface area (Å²) in [6.07, 6.45) is 6.10. The summed E-state index contributed by atoms with van der Waals surface area (Å²) in [5.41, 5.74) is 2.29.